The molecule has 3 aromatic rings. The van der Waals surface area contributed by atoms with E-state index in [0.29, 0.717) is 0 Å². The van der Waals surface area contributed by atoms with Crippen LogP contribution in [-0.4, -0.2) is 7.11 Å². The summed E-state index contributed by atoms with van der Waals surface area (Å²) in [5.74, 6) is 0.816. The molecule has 0 aliphatic carbocycles. The summed E-state index contributed by atoms with van der Waals surface area (Å²) in [7, 11) is 1.67. The van der Waals surface area contributed by atoms with Crippen molar-refractivity contribution in [2.75, 3.05) is 7.11 Å². The lowest BCUT2D eigenvalue weighted by atomic mass is 9.93. The van der Waals surface area contributed by atoms with Crippen molar-refractivity contribution in [1.82, 2.24) is 0 Å². The molecule has 0 unspecified atom stereocenters. The van der Waals surface area contributed by atoms with Gasteiger partial charge in [-0.3, -0.25) is 0 Å². The summed E-state index contributed by atoms with van der Waals surface area (Å²) in [6, 6.07) is 28.2. The van der Waals surface area contributed by atoms with Crippen LogP contribution in [0.4, 0.5) is 0 Å². The Morgan fingerprint density at radius 3 is 1.87 bits per heavy atom. The predicted octanol–water partition coefficient (Wildman–Crippen LogP) is 4.57. The highest BCUT2D eigenvalue weighted by Crippen LogP contribution is 2.31. The summed E-state index contributed by atoms with van der Waals surface area (Å²) in [5.41, 5.74) is 11.4. The molecule has 2 N–H and O–H groups in total. The third-order valence-corrected chi connectivity index (χ3v) is 3.78. The van der Waals surface area contributed by atoms with E-state index in [0.717, 1.165) is 33.7 Å². The van der Waals surface area contributed by atoms with E-state index in [1.54, 1.807) is 7.11 Å². The summed E-state index contributed by atoms with van der Waals surface area (Å²) in [6.07, 6.45) is 0. The molecule has 2 nitrogen and oxygen atoms in total. The molecule has 3 aromatic carbocycles. The number of methoxy groups -OCH3 is 1. The van der Waals surface area contributed by atoms with E-state index in [4.69, 9.17) is 10.5 Å². The molecular weight excluding hydrogens is 282 g/mol. The van der Waals surface area contributed by atoms with Gasteiger partial charge in [-0.1, -0.05) is 72.8 Å². The Morgan fingerprint density at radius 2 is 1.26 bits per heavy atom. The quantitative estimate of drug-likeness (QED) is 0.716. The van der Waals surface area contributed by atoms with E-state index in [2.05, 4.69) is 18.2 Å². The normalized spacial score (nSPS) is 11.7. The molecule has 0 heterocycles. The van der Waals surface area contributed by atoms with Crippen molar-refractivity contribution in [3.63, 3.8) is 0 Å². The standard InChI is InChI=1S/C21H19NO/c1-23-19-14-8-13-18(15-19)20(16-9-4-2-5-10-16)21(22)17-11-6-3-7-12-17/h2-15H,22H2,1H3. The van der Waals surface area contributed by atoms with Crippen LogP contribution in [0.25, 0.3) is 11.3 Å². The molecule has 0 aliphatic rings. The second-order valence-corrected chi connectivity index (χ2v) is 5.25. The average molecular weight is 301 g/mol. The van der Waals surface area contributed by atoms with Gasteiger partial charge >= 0.3 is 0 Å². The highest BCUT2D eigenvalue weighted by Gasteiger charge is 2.12. The molecule has 23 heavy (non-hydrogen) atoms. The van der Waals surface area contributed by atoms with Crippen LogP contribution in [-0.2, 0) is 0 Å². The van der Waals surface area contributed by atoms with Crippen LogP contribution < -0.4 is 10.5 Å². The second-order valence-electron chi connectivity index (χ2n) is 5.25. The molecule has 0 radical (unpaired) electrons. The highest BCUT2D eigenvalue weighted by atomic mass is 16.5. The monoisotopic (exact) mass is 301 g/mol. The van der Waals surface area contributed by atoms with Crippen LogP contribution >= 0.6 is 0 Å². The number of hydrogen-bond acceptors (Lipinski definition) is 2. The number of ether oxygens (including phenoxy) is 1. The molecule has 0 amide bonds. The van der Waals surface area contributed by atoms with Crippen molar-refractivity contribution in [1.29, 1.82) is 0 Å². The molecule has 0 atom stereocenters. The maximum atomic E-state index is 6.53. The van der Waals surface area contributed by atoms with Crippen molar-refractivity contribution in [2.24, 2.45) is 5.73 Å². The molecule has 114 valence electrons. The molecule has 0 aliphatic heterocycles. The third-order valence-electron chi connectivity index (χ3n) is 3.78. The molecular formula is C21H19NO. The molecule has 0 saturated heterocycles. The summed E-state index contributed by atoms with van der Waals surface area (Å²) >= 11 is 0. The van der Waals surface area contributed by atoms with Crippen LogP contribution in [0.2, 0.25) is 0 Å². The zero-order valence-electron chi connectivity index (χ0n) is 13.1. The second kappa shape index (κ2) is 6.84. The maximum absolute atomic E-state index is 6.53. The Labute approximate surface area is 136 Å². The van der Waals surface area contributed by atoms with E-state index in [-0.39, 0.29) is 0 Å². The Kier molecular flexibility index (Phi) is 4.44. The Morgan fingerprint density at radius 1 is 0.696 bits per heavy atom. The van der Waals surface area contributed by atoms with Crippen LogP contribution in [0, 0.1) is 0 Å². The molecule has 2 heteroatoms. The Hall–Kier alpha value is -3.00. The Balaban J connectivity index is 2.22. The number of benzene rings is 3. The van der Waals surface area contributed by atoms with Crippen molar-refractivity contribution in [2.45, 2.75) is 0 Å². The number of hydrogen-bond donors (Lipinski definition) is 1. The lowest BCUT2D eigenvalue weighted by Gasteiger charge is -2.14. The van der Waals surface area contributed by atoms with Gasteiger partial charge in [-0.25, -0.2) is 0 Å². The molecule has 3 rings (SSSR count). The average Bonchev–Trinajstić information content (AvgIpc) is 2.64. The largest absolute Gasteiger partial charge is 0.497 e. The SMILES string of the molecule is COc1cccc(C(=C(N)c2ccccc2)c2ccccc2)c1. The van der Waals surface area contributed by atoms with Gasteiger partial charge in [0.05, 0.1) is 7.11 Å². The van der Waals surface area contributed by atoms with Crippen LogP contribution in [0.15, 0.2) is 84.9 Å². The smallest absolute Gasteiger partial charge is 0.119 e. The lowest BCUT2D eigenvalue weighted by Crippen LogP contribution is -2.03. The van der Waals surface area contributed by atoms with E-state index in [9.17, 15) is 0 Å². The van der Waals surface area contributed by atoms with Gasteiger partial charge in [0.2, 0.25) is 0 Å². The third kappa shape index (κ3) is 3.27. The zero-order chi connectivity index (χ0) is 16.1. The summed E-state index contributed by atoms with van der Waals surface area (Å²) in [5, 5.41) is 0. The minimum atomic E-state index is 0.755. The number of rotatable bonds is 4. The topological polar surface area (TPSA) is 35.2 Å². The van der Waals surface area contributed by atoms with Gasteiger partial charge in [-0.2, -0.15) is 0 Å². The van der Waals surface area contributed by atoms with Crippen LogP contribution in [0.3, 0.4) is 0 Å². The van der Waals surface area contributed by atoms with Gasteiger partial charge in [-0.15, -0.1) is 0 Å². The summed E-state index contributed by atoms with van der Waals surface area (Å²) in [4.78, 5) is 0. The summed E-state index contributed by atoms with van der Waals surface area (Å²) in [6.45, 7) is 0. The first-order chi connectivity index (χ1) is 11.3. The van der Waals surface area contributed by atoms with Crippen molar-refractivity contribution >= 4 is 11.3 Å². The van der Waals surface area contributed by atoms with E-state index >= 15 is 0 Å². The fraction of sp³-hybridized carbons (Fsp3) is 0.0476. The molecule has 0 spiro atoms. The molecule has 0 aromatic heterocycles. The minimum absolute atomic E-state index is 0.755. The van der Waals surface area contributed by atoms with Gasteiger partial charge in [0, 0.05) is 11.3 Å². The highest BCUT2D eigenvalue weighted by molar-refractivity contribution is 5.97. The summed E-state index contributed by atoms with van der Waals surface area (Å²) < 4.78 is 5.36. The van der Waals surface area contributed by atoms with Crippen molar-refractivity contribution < 1.29 is 4.74 Å². The van der Waals surface area contributed by atoms with Crippen LogP contribution in [0.5, 0.6) is 5.75 Å². The molecule has 0 bridgehead atoms. The van der Waals surface area contributed by atoms with Gasteiger partial charge in [0.1, 0.15) is 5.75 Å². The van der Waals surface area contributed by atoms with Gasteiger partial charge in [0.25, 0.3) is 0 Å². The van der Waals surface area contributed by atoms with Crippen LogP contribution in [0.1, 0.15) is 16.7 Å². The van der Waals surface area contributed by atoms with E-state index in [1.807, 2.05) is 66.7 Å². The number of nitrogens with two attached hydrogens (primary N) is 1. The Bertz CT molecular complexity index is 808. The van der Waals surface area contributed by atoms with E-state index in [1.165, 1.54) is 0 Å². The first kappa shape index (κ1) is 14.9. The zero-order valence-corrected chi connectivity index (χ0v) is 13.1. The van der Waals surface area contributed by atoms with Gasteiger partial charge in [0.15, 0.2) is 0 Å². The van der Waals surface area contributed by atoms with Crippen molar-refractivity contribution in [3.8, 4) is 5.75 Å². The molecule has 0 fully saturated rings. The van der Waals surface area contributed by atoms with Gasteiger partial charge < -0.3 is 10.5 Å². The predicted molar refractivity (Wildman–Crippen MR) is 96.0 cm³/mol. The fourth-order valence-corrected chi connectivity index (χ4v) is 2.62. The maximum Gasteiger partial charge on any atom is 0.119 e. The molecule has 0 saturated carbocycles. The van der Waals surface area contributed by atoms with Crippen molar-refractivity contribution in [3.05, 3.63) is 102 Å². The van der Waals surface area contributed by atoms with Gasteiger partial charge in [-0.05, 0) is 28.8 Å². The minimum Gasteiger partial charge on any atom is -0.497 e. The fourth-order valence-electron chi connectivity index (χ4n) is 2.62. The first-order valence-corrected chi connectivity index (χ1v) is 7.54. The first-order valence-electron chi connectivity index (χ1n) is 7.54. The lowest BCUT2D eigenvalue weighted by molar-refractivity contribution is 0.414. The van der Waals surface area contributed by atoms with E-state index < -0.39 is 0 Å².